The first-order chi connectivity index (χ1) is 20.6. The summed E-state index contributed by atoms with van der Waals surface area (Å²) in [6, 6.07) is 15.7. The van der Waals surface area contributed by atoms with Crippen LogP contribution in [-0.2, 0) is 30.4 Å². The van der Waals surface area contributed by atoms with E-state index in [0.717, 1.165) is 10.4 Å². The van der Waals surface area contributed by atoms with Gasteiger partial charge >= 0.3 is 0 Å². The van der Waals surface area contributed by atoms with E-state index in [9.17, 15) is 9.59 Å². The molecular weight excluding hydrogens is 583 g/mol. The Morgan fingerprint density at radius 2 is 1.84 bits per heavy atom. The Morgan fingerprint density at radius 3 is 2.49 bits per heavy atom. The molecule has 1 aromatic heterocycles. The Labute approximate surface area is 262 Å². The number of nitrogens with one attached hydrogen (secondary N) is 2. The van der Waals surface area contributed by atoms with Crippen LogP contribution >= 0.6 is 23.4 Å². The number of carbonyl (C=O) groups is 3. The molecule has 0 bridgehead atoms. The molecule has 0 radical (unpaired) electrons. The van der Waals surface area contributed by atoms with Crippen molar-refractivity contribution in [2.45, 2.75) is 57.2 Å². The SMILES string of the molecule is C=O.CN.CSO[C@@H]1CC(C(=O)N[C@H](C)c2cc(C(=N)N)cs2)N(C(=O)Cc2ccc3c(c2)-c2ccccc2C3(C)C)C1. The molecule has 6 N–H and O–H groups in total. The van der Waals surface area contributed by atoms with Crippen LogP contribution in [0.3, 0.4) is 0 Å². The summed E-state index contributed by atoms with van der Waals surface area (Å²) in [6.07, 6.45) is 2.29. The summed E-state index contributed by atoms with van der Waals surface area (Å²) in [6.45, 7) is 8.74. The number of nitrogens with two attached hydrogens (primary N) is 2. The molecule has 11 heteroatoms. The predicted octanol–water partition coefficient (Wildman–Crippen LogP) is 4.41. The van der Waals surface area contributed by atoms with E-state index < -0.39 is 6.04 Å². The third-order valence-electron chi connectivity index (χ3n) is 7.84. The largest absolute Gasteiger partial charge is 0.384 e. The Balaban J connectivity index is 0.00000121. The van der Waals surface area contributed by atoms with Gasteiger partial charge in [0.25, 0.3) is 0 Å². The van der Waals surface area contributed by atoms with Crippen LogP contribution in [0.15, 0.2) is 53.9 Å². The highest BCUT2D eigenvalue weighted by atomic mass is 32.2. The summed E-state index contributed by atoms with van der Waals surface area (Å²) in [5.41, 5.74) is 16.5. The average Bonchev–Trinajstić information content (AvgIpc) is 3.72. The van der Waals surface area contributed by atoms with Crippen LogP contribution in [0.5, 0.6) is 0 Å². The Morgan fingerprint density at radius 1 is 1.16 bits per heavy atom. The number of hydrogen-bond donors (Lipinski definition) is 4. The minimum Gasteiger partial charge on any atom is -0.384 e. The zero-order valence-corrected chi connectivity index (χ0v) is 26.9. The van der Waals surface area contributed by atoms with Gasteiger partial charge in [0, 0.05) is 40.5 Å². The monoisotopic (exact) mass is 623 g/mol. The molecule has 2 heterocycles. The maximum atomic E-state index is 13.6. The molecule has 1 aliphatic heterocycles. The van der Waals surface area contributed by atoms with E-state index in [0.29, 0.717) is 18.5 Å². The topological polar surface area (TPSA) is 152 Å². The quantitative estimate of drug-likeness (QED) is 0.165. The van der Waals surface area contributed by atoms with Gasteiger partial charge in [0.1, 0.15) is 18.7 Å². The lowest BCUT2D eigenvalue weighted by Crippen LogP contribution is -2.47. The van der Waals surface area contributed by atoms with Gasteiger partial charge in [-0.05, 0) is 59.9 Å². The smallest absolute Gasteiger partial charge is 0.243 e. The van der Waals surface area contributed by atoms with E-state index >= 15 is 0 Å². The van der Waals surface area contributed by atoms with Crippen molar-refractivity contribution < 1.29 is 18.6 Å². The van der Waals surface area contributed by atoms with Gasteiger partial charge in [-0.1, -0.05) is 56.3 Å². The van der Waals surface area contributed by atoms with E-state index in [1.165, 1.54) is 52.7 Å². The lowest BCUT2D eigenvalue weighted by Gasteiger charge is -2.25. The molecule has 1 fully saturated rings. The van der Waals surface area contributed by atoms with Crippen LogP contribution in [0.25, 0.3) is 11.1 Å². The van der Waals surface area contributed by atoms with E-state index in [-0.39, 0.29) is 41.6 Å². The molecule has 2 aromatic carbocycles. The molecule has 1 saturated heterocycles. The maximum Gasteiger partial charge on any atom is 0.243 e. The minimum absolute atomic E-state index is 0.000691. The number of likely N-dealkylation sites (tertiary alicyclic amines) is 1. The Bertz CT molecular complexity index is 1460. The van der Waals surface area contributed by atoms with Gasteiger partial charge in [-0.15, -0.1) is 11.3 Å². The van der Waals surface area contributed by atoms with Crippen LogP contribution in [0, 0.1) is 5.41 Å². The fourth-order valence-corrected chi connectivity index (χ4v) is 7.11. The van der Waals surface area contributed by atoms with Gasteiger partial charge in [-0.3, -0.25) is 15.0 Å². The predicted molar refractivity (Wildman–Crippen MR) is 175 cm³/mol. The zero-order chi connectivity index (χ0) is 31.9. The number of nitrogens with zero attached hydrogens (tertiary/aromatic N) is 1. The molecule has 5 rings (SSSR count). The van der Waals surface area contributed by atoms with Crippen molar-refractivity contribution in [3.63, 3.8) is 0 Å². The van der Waals surface area contributed by atoms with Crippen LogP contribution in [-0.4, -0.2) is 61.3 Å². The Hall–Kier alpha value is -3.51. The van der Waals surface area contributed by atoms with Crippen molar-refractivity contribution >= 4 is 47.8 Å². The number of rotatable bonds is 8. The number of carbonyl (C=O) groups excluding carboxylic acids is 3. The third kappa shape index (κ3) is 7.18. The lowest BCUT2D eigenvalue weighted by atomic mass is 9.82. The van der Waals surface area contributed by atoms with Crippen LogP contribution in [0.2, 0.25) is 0 Å². The number of hydrogen-bond acceptors (Lipinski definition) is 8. The molecule has 43 heavy (non-hydrogen) atoms. The molecule has 230 valence electrons. The highest BCUT2D eigenvalue weighted by Gasteiger charge is 2.41. The lowest BCUT2D eigenvalue weighted by molar-refractivity contribution is -0.138. The minimum atomic E-state index is -0.613. The fourth-order valence-electron chi connectivity index (χ4n) is 5.78. The van der Waals surface area contributed by atoms with E-state index in [1.54, 1.807) is 4.90 Å². The summed E-state index contributed by atoms with van der Waals surface area (Å²) in [5, 5.41) is 12.5. The number of benzene rings is 2. The highest BCUT2D eigenvalue weighted by Crippen LogP contribution is 2.48. The summed E-state index contributed by atoms with van der Waals surface area (Å²) in [5.74, 6) is -0.291. The zero-order valence-electron chi connectivity index (χ0n) is 25.3. The standard InChI is InChI=1S/C30H34N4O3S2.CH5N.CH2O/c1-17(26-13-19(16-39-26)28(31)32)33-29(36)25-14-20(37-38-4)15-34(25)27(35)12-18-9-10-24-22(11-18)21-7-5-6-8-23(21)30(24,2)3;2*1-2/h5-11,13,16-17,20,25H,12,14-15H2,1-4H3,(H3,31,32)(H,33,36);2H2,1H3;1H2/t17-,20-,25?;;/m1../s1. The molecular formula is C32H41N5O4S2. The highest BCUT2D eigenvalue weighted by molar-refractivity contribution is 7.93. The molecule has 1 unspecified atom stereocenters. The fraction of sp³-hybridized carbons (Fsp3) is 0.375. The van der Waals surface area contributed by atoms with E-state index in [2.05, 4.69) is 61.3 Å². The van der Waals surface area contributed by atoms with Gasteiger partial charge in [0.2, 0.25) is 11.8 Å². The number of nitrogen functional groups attached to an aromatic ring is 1. The van der Waals surface area contributed by atoms with E-state index in [4.69, 9.17) is 20.1 Å². The number of amides is 2. The summed E-state index contributed by atoms with van der Waals surface area (Å²) in [7, 11) is 1.50. The molecule has 3 aromatic rings. The molecule has 0 saturated carbocycles. The van der Waals surface area contributed by atoms with Gasteiger partial charge in [-0.25, -0.2) is 0 Å². The second-order valence-electron chi connectivity index (χ2n) is 10.8. The summed E-state index contributed by atoms with van der Waals surface area (Å²) in [4.78, 5) is 37.6. The number of fused-ring (bicyclic) bond motifs is 3. The number of amidine groups is 1. The van der Waals surface area contributed by atoms with Crippen molar-refractivity contribution in [1.82, 2.24) is 10.2 Å². The average molecular weight is 624 g/mol. The van der Waals surface area contributed by atoms with Crippen molar-refractivity contribution in [3.8, 4) is 11.1 Å². The molecule has 9 nitrogen and oxygen atoms in total. The van der Waals surface area contributed by atoms with Gasteiger partial charge < -0.3 is 30.7 Å². The first-order valence-corrected chi connectivity index (χ1v) is 15.9. The molecule has 0 spiro atoms. The maximum absolute atomic E-state index is 13.6. The normalized spacial score (nSPS) is 18.2. The van der Waals surface area contributed by atoms with Crippen molar-refractivity contribution in [1.29, 1.82) is 5.41 Å². The van der Waals surface area contributed by atoms with Crippen LogP contribution in [0.1, 0.15) is 60.4 Å². The Kier molecular flexibility index (Phi) is 11.7. The van der Waals surface area contributed by atoms with E-state index in [1.807, 2.05) is 37.5 Å². The van der Waals surface area contributed by atoms with Gasteiger partial charge in [0.15, 0.2) is 0 Å². The van der Waals surface area contributed by atoms with Crippen molar-refractivity contribution in [2.75, 3.05) is 19.8 Å². The molecule has 1 aliphatic carbocycles. The van der Waals surface area contributed by atoms with Crippen molar-refractivity contribution in [2.24, 2.45) is 11.5 Å². The van der Waals surface area contributed by atoms with Crippen LogP contribution < -0.4 is 16.8 Å². The second-order valence-corrected chi connectivity index (χ2v) is 12.3. The second kappa shape index (κ2) is 14.8. The van der Waals surface area contributed by atoms with Gasteiger partial charge in [-0.2, -0.15) is 0 Å². The van der Waals surface area contributed by atoms with Crippen LogP contribution in [0.4, 0.5) is 0 Å². The summed E-state index contributed by atoms with van der Waals surface area (Å²) >= 11 is 2.70. The first kappa shape index (κ1) is 34.0. The first-order valence-electron chi connectivity index (χ1n) is 13.9. The molecule has 2 amide bonds. The number of thiophene rings is 1. The van der Waals surface area contributed by atoms with Crippen molar-refractivity contribution in [3.05, 3.63) is 81.0 Å². The molecule has 3 atom stereocenters. The van der Waals surface area contributed by atoms with Gasteiger partial charge in [0.05, 0.1) is 18.6 Å². The third-order valence-corrected chi connectivity index (χ3v) is 9.42. The molecule has 2 aliphatic rings. The summed E-state index contributed by atoms with van der Waals surface area (Å²) < 4.78 is 5.76.